The zero-order chi connectivity index (χ0) is 15.5. The molecule has 1 rings (SSSR count). The Bertz CT molecular complexity index is 445. The molecule has 0 fully saturated rings. The number of guanidine groups is 1. The highest BCUT2D eigenvalue weighted by Crippen LogP contribution is 1.95. The van der Waals surface area contributed by atoms with Crippen LogP contribution in [0.1, 0.15) is 25.5 Å². The summed E-state index contributed by atoms with van der Waals surface area (Å²) in [5.41, 5.74) is 0.896. The largest absolute Gasteiger partial charge is 0.356 e. The number of nitrogens with zero attached hydrogens (tertiary/aromatic N) is 3. The Hall–Kier alpha value is -2.11. The smallest absolute Gasteiger partial charge is 0.241 e. The summed E-state index contributed by atoms with van der Waals surface area (Å²) in [6.45, 7) is 3.68. The summed E-state index contributed by atoms with van der Waals surface area (Å²) >= 11 is 0. The van der Waals surface area contributed by atoms with E-state index in [0.717, 1.165) is 25.1 Å². The number of aromatic nitrogens is 1. The van der Waals surface area contributed by atoms with E-state index in [4.69, 9.17) is 0 Å². The van der Waals surface area contributed by atoms with Gasteiger partial charge in [0.1, 0.15) is 0 Å². The molecule has 1 heterocycles. The monoisotopic (exact) mass is 291 g/mol. The van der Waals surface area contributed by atoms with Crippen LogP contribution in [0.15, 0.2) is 29.4 Å². The number of carbonyl (C=O) groups is 1. The molecule has 6 nitrogen and oxygen atoms in total. The lowest BCUT2D eigenvalue weighted by Gasteiger charge is -2.14. The van der Waals surface area contributed by atoms with Gasteiger partial charge in [-0.15, -0.1) is 0 Å². The number of hydrogen-bond acceptors (Lipinski definition) is 3. The van der Waals surface area contributed by atoms with E-state index in [1.165, 1.54) is 0 Å². The Morgan fingerprint density at radius 2 is 2.14 bits per heavy atom. The van der Waals surface area contributed by atoms with Gasteiger partial charge in [0.2, 0.25) is 5.91 Å². The van der Waals surface area contributed by atoms with Gasteiger partial charge < -0.3 is 15.5 Å². The number of carbonyl (C=O) groups excluding carboxylic acids is 1. The molecule has 2 N–H and O–H groups in total. The molecule has 0 unspecified atom stereocenters. The summed E-state index contributed by atoms with van der Waals surface area (Å²) in [5.74, 6) is 0.655. The Morgan fingerprint density at radius 1 is 1.33 bits per heavy atom. The van der Waals surface area contributed by atoms with Crippen LogP contribution in [-0.2, 0) is 11.3 Å². The van der Waals surface area contributed by atoms with Crippen molar-refractivity contribution in [2.45, 2.75) is 26.3 Å². The second-order valence-corrected chi connectivity index (χ2v) is 4.91. The molecular weight excluding hydrogens is 266 g/mol. The van der Waals surface area contributed by atoms with E-state index in [2.05, 4.69) is 27.5 Å². The fourth-order valence-electron chi connectivity index (χ4n) is 1.53. The fourth-order valence-corrected chi connectivity index (χ4v) is 1.53. The summed E-state index contributed by atoms with van der Waals surface area (Å²) in [6, 6.07) is 5.74. The third-order valence-corrected chi connectivity index (χ3v) is 2.85. The van der Waals surface area contributed by atoms with Crippen LogP contribution in [0.3, 0.4) is 0 Å². The maximum atomic E-state index is 11.6. The number of pyridine rings is 1. The van der Waals surface area contributed by atoms with Crippen molar-refractivity contribution < 1.29 is 4.79 Å². The average molecular weight is 291 g/mol. The van der Waals surface area contributed by atoms with Crippen molar-refractivity contribution in [2.75, 3.05) is 27.2 Å². The lowest BCUT2D eigenvalue weighted by atomic mass is 10.3. The highest BCUT2D eigenvalue weighted by molar-refractivity contribution is 5.86. The van der Waals surface area contributed by atoms with Crippen LogP contribution >= 0.6 is 0 Å². The molecule has 0 atom stereocenters. The highest BCUT2D eigenvalue weighted by atomic mass is 16.2. The first-order valence-corrected chi connectivity index (χ1v) is 7.25. The van der Waals surface area contributed by atoms with Crippen LogP contribution in [-0.4, -0.2) is 48.9 Å². The van der Waals surface area contributed by atoms with Crippen LogP contribution in [0, 0.1) is 0 Å². The summed E-state index contributed by atoms with van der Waals surface area (Å²) in [7, 11) is 3.47. The molecule has 6 heteroatoms. The van der Waals surface area contributed by atoms with Gasteiger partial charge in [-0.25, -0.2) is 4.99 Å². The fraction of sp³-hybridized carbons (Fsp3) is 0.533. The van der Waals surface area contributed by atoms with Crippen molar-refractivity contribution in [1.29, 1.82) is 0 Å². The average Bonchev–Trinajstić information content (AvgIpc) is 2.50. The van der Waals surface area contributed by atoms with Crippen molar-refractivity contribution >= 4 is 11.9 Å². The molecule has 0 aromatic carbocycles. The standard InChI is InChI=1S/C15H25N5O/c1-4-5-9-17-15(19-12-14(21)20(2)3)18-11-13-8-6-7-10-16-13/h6-8,10H,4-5,9,11-12H2,1-3H3,(H2,17,18,19). The SMILES string of the molecule is CCCCNC(=NCc1ccccn1)NCC(=O)N(C)C. The van der Waals surface area contributed by atoms with Crippen molar-refractivity contribution in [3.63, 3.8) is 0 Å². The van der Waals surface area contributed by atoms with Crippen molar-refractivity contribution in [2.24, 2.45) is 4.99 Å². The normalized spacial score (nSPS) is 11.1. The molecule has 0 aliphatic rings. The minimum Gasteiger partial charge on any atom is -0.356 e. The first kappa shape index (κ1) is 16.9. The van der Waals surface area contributed by atoms with E-state index in [-0.39, 0.29) is 12.5 Å². The van der Waals surface area contributed by atoms with Gasteiger partial charge in [-0.2, -0.15) is 0 Å². The molecule has 1 aromatic heterocycles. The molecule has 0 aliphatic heterocycles. The van der Waals surface area contributed by atoms with Gasteiger partial charge in [0.25, 0.3) is 0 Å². The number of amides is 1. The predicted molar refractivity (Wildman–Crippen MR) is 85.0 cm³/mol. The van der Waals surface area contributed by atoms with Crippen LogP contribution in [0.5, 0.6) is 0 Å². The second kappa shape index (κ2) is 9.74. The second-order valence-electron chi connectivity index (χ2n) is 4.91. The molecule has 0 spiro atoms. The third-order valence-electron chi connectivity index (χ3n) is 2.85. The number of nitrogens with one attached hydrogen (secondary N) is 2. The topological polar surface area (TPSA) is 69.6 Å². The number of rotatable bonds is 7. The number of hydrogen-bond donors (Lipinski definition) is 2. The molecular formula is C15H25N5O. The van der Waals surface area contributed by atoms with Gasteiger partial charge in [0, 0.05) is 26.8 Å². The lowest BCUT2D eigenvalue weighted by Crippen LogP contribution is -2.43. The molecule has 0 saturated carbocycles. The highest BCUT2D eigenvalue weighted by Gasteiger charge is 2.05. The number of likely N-dealkylation sites (N-methyl/N-ethyl adjacent to an activating group) is 1. The summed E-state index contributed by atoms with van der Waals surface area (Å²) < 4.78 is 0. The first-order chi connectivity index (χ1) is 10.1. The number of aliphatic imine (C=N–C) groups is 1. The first-order valence-electron chi connectivity index (χ1n) is 7.25. The van der Waals surface area contributed by atoms with Gasteiger partial charge in [0.05, 0.1) is 18.8 Å². The van der Waals surface area contributed by atoms with E-state index < -0.39 is 0 Å². The molecule has 0 saturated heterocycles. The maximum Gasteiger partial charge on any atom is 0.241 e. The third kappa shape index (κ3) is 7.29. The maximum absolute atomic E-state index is 11.6. The van der Waals surface area contributed by atoms with E-state index in [0.29, 0.717) is 12.5 Å². The molecule has 0 aliphatic carbocycles. The van der Waals surface area contributed by atoms with Gasteiger partial charge in [-0.05, 0) is 18.6 Å². The van der Waals surface area contributed by atoms with Crippen molar-refractivity contribution in [3.8, 4) is 0 Å². The quantitative estimate of drug-likeness (QED) is 0.447. The molecule has 21 heavy (non-hydrogen) atoms. The van der Waals surface area contributed by atoms with E-state index in [1.807, 2.05) is 18.2 Å². The Balaban J connectivity index is 2.56. The van der Waals surface area contributed by atoms with Crippen molar-refractivity contribution in [1.82, 2.24) is 20.5 Å². The van der Waals surface area contributed by atoms with Gasteiger partial charge in [0.15, 0.2) is 5.96 Å². The van der Waals surface area contributed by atoms with Crippen LogP contribution in [0.25, 0.3) is 0 Å². The van der Waals surface area contributed by atoms with E-state index >= 15 is 0 Å². The Labute approximate surface area is 126 Å². The molecule has 0 radical (unpaired) electrons. The van der Waals surface area contributed by atoms with Crippen LogP contribution < -0.4 is 10.6 Å². The van der Waals surface area contributed by atoms with E-state index in [1.54, 1.807) is 25.2 Å². The number of unbranched alkanes of at least 4 members (excludes halogenated alkanes) is 1. The van der Waals surface area contributed by atoms with Crippen molar-refractivity contribution in [3.05, 3.63) is 30.1 Å². The summed E-state index contributed by atoms with van der Waals surface area (Å²) in [4.78, 5) is 21.9. The van der Waals surface area contributed by atoms with Crippen LogP contribution in [0.2, 0.25) is 0 Å². The lowest BCUT2D eigenvalue weighted by molar-refractivity contribution is -0.127. The zero-order valence-corrected chi connectivity index (χ0v) is 13.1. The Morgan fingerprint density at radius 3 is 2.76 bits per heavy atom. The Kier molecular flexibility index (Phi) is 7.86. The van der Waals surface area contributed by atoms with Gasteiger partial charge >= 0.3 is 0 Å². The minimum atomic E-state index is 0.0119. The van der Waals surface area contributed by atoms with Crippen LogP contribution in [0.4, 0.5) is 0 Å². The summed E-state index contributed by atoms with van der Waals surface area (Å²) in [6.07, 6.45) is 3.92. The minimum absolute atomic E-state index is 0.0119. The molecule has 0 bridgehead atoms. The zero-order valence-electron chi connectivity index (χ0n) is 13.1. The molecule has 1 amide bonds. The van der Waals surface area contributed by atoms with Gasteiger partial charge in [-0.1, -0.05) is 19.4 Å². The predicted octanol–water partition coefficient (Wildman–Crippen LogP) is 1.01. The van der Waals surface area contributed by atoms with E-state index in [9.17, 15) is 4.79 Å². The van der Waals surface area contributed by atoms with Gasteiger partial charge in [-0.3, -0.25) is 9.78 Å². The molecule has 1 aromatic rings. The summed E-state index contributed by atoms with van der Waals surface area (Å²) in [5, 5.41) is 6.28. The molecule has 116 valence electrons.